The molecule has 0 aromatic heterocycles. The summed E-state index contributed by atoms with van der Waals surface area (Å²) >= 11 is 0. The van der Waals surface area contributed by atoms with Crippen molar-refractivity contribution >= 4 is 5.96 Å². The zero-order valence-corrected chi connectivity index (χ0v) is 17.0. The van der Waals surface area contributed by atoms with Crippen LogP contribution in [0.25, 0.3) is 0 Å². The number of hydrogen-bond acceptors (Lipinski definition) is 4. The Kier molecular flexibility index (Phi) is 8.19. The second-order valence-corrected chi connectivity index (χ2v) is 7.05. The van der Waals surface area contributed by atoms with Crippen LogP contribution in [0.4, 0.5) is 0 Å². The van der Waals surface area contributed by atoms with Crippen LogP contribution in [0.3, 0.4) is 0 Å². The first kappa shape index (κ1) is 20.5. The van der Waals surface area contributed by atoms with Gasteiger partial charge in [0, 0.05) is 59.4 Å². The molecule has 146 valence electrons. The second-order valence-electron chi connectivity index (χ2n) is 7.05. The molecule has 1 atom stereocenters. The van der Waals surface area contributed by atoms with E-state index in [1.807, 2.05) is 26.1 Å². The van der Waals surface area contributed by atoms with Crippen molar-refractivity contribution in [1.29, 1.82) is 0 Å². The molecular formula is C20H35N5O. The molecule has 0 bridgehead atoms. The average Bonchev–Trinajstić information content (AvgIpc) is 2.64. The summed E-state index contributed by atoms with van der Waals surface area (Å²) in [6.07, 6.45) is 0. The highest BCUT2D eigenvalue weighted by atomic mass is 16.5. The number of likely N-dealkylation sites (N-methyl/N-ethyl adjacent to an activating group) is 1. The number of hydrogen-bond donors (Lipinski definition) is 1. The zero-order valence-electron chi connectivity index (χ0n) is 17.0. The number of piperazine rings is 1. The summed E-state index contributed by atoms with van der Waals surface area (Å²) in [4.78, 5) is 11.5. The van der Waals surface area contributed by atoms with Gasteiger partial charge in [0.2, 0.25) is 0 Å². The van der Waals surface area contributed by atoms with E-state index < -0.39 is 0 Å². The van der Waals surface area contributed by atoms with E-state index in [1.165, 1.54) is 5.56 Å². The van der Waals surface area contributed by atoms with Gasteiger partial charge in [0.15, 0.2) is 5.96 Å². The Labute approximate surface area is 158 Å². The molecule has 2 rings (SSSR count). The fourth-order valence-corrected chi connectivity index (χ4v) is 3.22. The summed E-state index contributed by atoms with van der Waals surface area (Å²) in [6, 6.07) is 8.78. The highest BCUT2D eigenvalue weighted by Crippen LogP contribution is 2.13. The third kappa shape index (κ3) is 6.18. The predicted octanol–water partition coefficient (Wildman–Crippen LogP) is 1.73. The van der Waals surface area contributed by atoms with Gasteiger partial charge < -0.3 is 19.9 Å². The maximum absolute atomic E-state index is 5.51. The van der Waals surface area contributed by atoms with Crippen molar-refractivity contribution in [3.8, 4) is 5.75 Å². The van der Waals surface area contributed by atoms with E-state index in [0.717, 1.165) is 51.0 Å². The van der Waals surface area contributed by atoms with Crippen molar-refractivity contribution in [3.05, 3.63) is 29.8 Å². The average molecular weight is 362 g/mol. The summed E-state index contributed by atoms with van der Waals surface area (Å²) in [5.41, 5.74) is 1.24. The Hall–Kier alpha value is -1.79. The van der Waals surface area contributed by atoms with Gasteiger partial charge in [-0.3, -0.25) is 9.89 Å². The van der Waals surface area contributed by atoms with Crippen LogP contribution in [0.15, 0.2) is 29.3 Å². The lowest BCUT2D eigenvalue weighted by Gasteiger charge is -2.37. The molecule has 0 radical (unpaired) electrons. The molecule has 1 N–H and O–H groups in total. The largest absolute Gasteiger partial charge is 0.494 e. The highest BCUT2D eigenvalue weighted by molar-refractivity contribution is 5.79. The van der Waals surface area contributed by atoms with Crippen molar-refractivity contribution < 1.29 is 4.74 Å². The molecule has 1 saturated heterocycles. The fraction of sp³-hybridized carbons (Fsp3) is 0.650. The standard InChI is InChI=1S/C20H35N5O/c1-6-26-19-9-7-18(8-10-19)16-24(5)20(21-3)22-15-17(2)25-13-11-23(4)12-14-25/h7-10,17H,6,11-16H2,1-5H3,(H,21,22). The van der Waals surface area contributed by atoms with Crippen molar-refractivity contribution in [2.45, 2.75) is 26.4 Å². The monoisotopic (exact) mass is 361 g/mol. The van der Waals surface area contributed by atoms with Crippen LogP contribution in [0, 0.1) is 0 Å². The zero-order chi connectivity index (χ0) is 18.9. The van der Waals surface area contributed by atoms with Crippen molar-refractivity contribution in [3.63, 3.8) is 0 Å². The maximum atomic E-state index is 5.51. The molecule has 1 fully saturated rings. The van der Waals surface area contributed by atoms with Gasteiger partial charge in [-0.2, -0.15) is 0 Å². The number of ether oxygens (including phenoxy) is 1. The van der Waals surface area contributed by atoms with Crippen molar-refractivity contribution in [2.75, 3.05) is 60.5 Å². The molecule has 0 amide bonds. The first-order chi connectivity index (χ1) is 12.5. The van der Waals surface area contributed by atoms with Crippen LogP contribution in [-0.4, -0.2) is 87.2 Å². The Morgan fingerprint density at radius 1 is 1.23 bits per heavy atom. The number of nitrogens with one attached hydrogen (secondary N) is 1. The van der Waals surface area contributed by atoms with Gasteiger partial charge in [-0.05, 0) is 38.6 Å². The first-order valence-electron chi connectivity index (χ1n) is 9.59. The van der Waals surface area contributed by atoms with Crippen LogP contribution in [0.1, 0.15) is 19.4 Å². The molecule has 1 heterocycles. The molecule has 6 nitrogen and oxygen atoms in total. The number of benzene rings is 1. The topological polar surface area (TPSA) is 43.3 Å². The van der Waals surface area contributed by atoms with E-state index in [2.05, 4.69) is 58.2 Å². The Morgan fingerprint density at radius 3 is 2.46 bits per heavy atom. The van der Waals surface area contributed by atoms with Gasteiger partial charge in [-0.1, -0.05) is 12.1 Å². The van der Waals surface area contributed by atoms with E-state index in [1.54, 1.807) is 0 Å². The van der Waals surface area contributed by atoms with Crippen LogP contribution in [0.2, 0.25) is 0 Å². The molecule has 26 heavy (non-hydrogen) atoms. The molecule has 0 aliphatic carbocycles. The molecular weight excluding hydrogens is 326 g/mol. The van der Waals surface area contributed by atoms with Gasteiger partial charge in [0.1, 0.15) is 5.75 Å². The number of nitrogens with zero attached hydrogens (tertiary/aromatic N) is 4. The molecule has 1 unspecified atom stereocenters. The Bertz CT molecular complexity index is 552. The third-order valence-corrected chi connectivity index (χ3v) is 4.94. The van der Waals surface area contributed by atoms with Gasteiger partial charge in [0.05, 0.1) is 6.61 Å². The van der Waals surface area contributed by atoms with Crippen LogP contribution in [0.5, 0.6) is 5.75 Å². The quantitative estimate of drug-likeness (QED) is 0.592. The summed E-state index contributed by atoms with van der Waals surface area (Å²) in [5, 5.41) is 3.53. The Morgan fingerprint density at radius 2 is 1.88 bits per heavy atom. The molecule has 1 aliphatic rings. The SMILES string of the molecule is CCOc1ccc(CN(C)C(=NC)NCC(C)N2CCN(C)CC2)cc1. The minimum Gasteiger partial charge on any atom is -0.494 e. The minimum atomic E-state index is 0.499. The highest BCUT2D eigenvalue weighted by Gasteiger charge is 2.19. The van der Waals surface area contributed by atoms with Crippen LogP contribution < -0.4 is 10.1 Å². The molecule has 6 heteroatoms. The van der Waals surface area contributed by atoms with Crippen LogP contribution in [-0.2, 0) is 6.54 Å². The van der Waals surface area contributed by atoms with Gasteiger partial charge in [-0.15, -0.1) is 0 Å². The van der Waals surface area contributed by atoms with Crippen molar-refractivity contribution in [2.24, 2.45) is 4.99 Å². The van der Waals surface area contributed by atoms with E-state index in [0.29, 0.717) is 12.6 Å². The normalized spacial score (nSPS) is 17.8. The lowest BCUT2D eigenvalue weighted by molar-refractivity contribution is 0.119. The number of rotatable bonds is 7. The maximum Gasteiger partial charge on any atom is 0.193 e. The second kappa shape index (κ2) is 10.4. The number of aliphatic imine (C=N–C) groups is 1. The molecule has 1 aromatic rings. The summed E-state index contributed by atoms with van der Waals surface area (Å²) < 4.78 is 5.51. The minimum absolute atomic E-state index is 0.499. The van der Waals surface area contributed by atoms with Crippen LogP contribution >= 0.6 is 0 Å². The van der Waals surface area contributed by atoms with E-state index >= 15 is 0 Å². The number of guanidine groups is 1. The van der Waals surface area contributed by atoms with Gasteiger partial charge in [-0.25, -0.2) is 0 Å². The van der Waals surface area contributed by atoms with E-state index in [4.69, 9.17) is 4.74 Å². The lowest BCUT2D eigenvalue weighted by Crippen LogP contribution is -2.52. The fourth-order valence-electron chi connectivity index (χ4n) is 3.22. The molecule has 0 spiro atoms. The summed E-state index contributed by atoms with van der Waals surface area (Å²) in [7, 11) is 6.11. The Balaban J connectivity index is 1.81. The van der Waals surface area contributed by atoms with E-state index in [9.17, 15) is 0 Å². The first-order valence-corrected chi connectivity index (χ1v) is 9.59. The summed E-state index contributed by atoms with van der Waals surface area (Å²) in [6.45, 7) is 11.3. The molecule has 1 aromatic carbocycles. The van der Waals surface area contributed by atoms with E-state index in [-0.39, 0.29) is 0 Å². The summed E-state index contributed by atoms with van der Waals surface area (Å²) in [5.74, 6) is 1.85. The lowest BCUT2D eigenvalue weighted by atomic mass is 10.2. The predicted molar refractivity (Wildman–Crippen MR) is 109 cm³/mol. The molecule has 0 saturated carbocycles. The van der Waals surface area contributed by atoms with Gasteiger partial charge >= 0.3 is 0 Å². The van der Waals surface area contributed by atoms with Gasteiger partial charge in [0.25, 0.3) is 0 Å². The molecule has 1 aliphatic heterocycles. The van der Waals surface area contributed by atoms with Crippen molar-refractivity contribution in [1.82, 2.24) is 20.0 Å². The smallest absolute Gasteiger partial charge is 0.193 e. The third-order valence-electron chi connectivity index (χ3n) is 4.94.